The van der Waals surface area contributed by atoms with Crippen LogP contribution in [0.1, 0.15) is 35.0 Å². The van der Waals surface area contributed by atoms with Crippen LogP contribution in [0.4, 0.5) is 0 Å². The molecule has 2 aromatic heterocycles. The number of hydrogen-bond acceptors (Lipinski definition) is 5. The number of piperidine rings is 1. The SMILES string of the molecule is O=C([C@@H](Sc1nncn1CCc1cccs1)c1ccccc1)N1CCCCC1. The van der Waals surface area contributed by atoms with Crippen molar-refractivity contribution in [3.63, 3.8) is 0 Å². The number of amides is 1. The lowest BCUT2D eigenvalue weighted by atomic mass is 10.1. The van der Waals surface area contributed by atoms with Crippen molar-refractivity contribution in [2.24, 2.45) is 0 Å². The molecule has 3 heterocycles. The zero-order valence-electron chi connectivity index (χ0n) is 15.7. The van der Waals surface area contributed by atoms with Gasteiger partial charge in [-0.25, -0.2) is 0 Å². The number of likely N-dealkylation sites (tertiary alicyclic amines) is 1. The normalized spacial score (nSPS) is 15.5. The fourth-order valence-corrected chi connectivity index (χ4v) is 5.27. The van der Waals surface area contributed by atoms with Gasteiger partial charge < -0.3 is 9.47 Å². The average Bonchev–Trinajstić information content (AvgIpc) is 3.43. The Morgan fingerprint density at radius 1 is 1.11 bits per heavy atom. The molecule has 0 N–H and O–H groups in total. The smallest absolute Gasteiger partial charge is 0.240 e. The minimum atomic E-state index is -0.288. The molecule has 5 nitrogen and oxygen atoms in total. The molecule has 1 aromatic carbocycles. The molecule has 0 bridgehead atoms. The zero-order valence-corrected chi connectivity index (χ0v) is 17.4. The number of aryl methyl sites for hydroxylation is 2. The van der Waals surface area contributed by atoms with E-state index in [4.69, 9.17) is 0 Å². The van der Waals surface area contributed by atoms with E-state index in [9.17, 15) is 4.79 Å². The van der Waals surface area contributed by atoms with Crippen molar-refractivity contribution in [2.45, 2.75) is 42.6 Å². The summed E-state index contributed by atoms with van der Waals surface area (Å²) >= 11 is 3.28. The summed E-state index contributed by atoms with van der Waals surface area (Å²) in [7, 11) is 0. The maximum atomic E-state index is 13.3. The Hall–Kier alpha value is -2.12. The van der Waals surface area contributed by atoms with E-state index >= 15 is 0 Å². The Morgan fingerprint density at radius 3 is 2.68 bits per heavy atom. The Kier molecular flexibility index (Phi) is 6.44. The lowest BCUT2D eigenvalue weighted by Gasteiger charge is -2.30. The minimum Gasteiger partial charge on any atom is -0.341 e. The summed E-state index contributed by atoms with van der Waals surface area (Å²) in [6.45, 7) is 2.52. The molecule has 7 heteroatoms. The van der Waals surface area contributed by atoms with E-state index in [1.807, 2.05) is 35.2 Å². The van der Waals surface area contributed by atoms with E-state index in [0.29, 0.717) is 0 Å². The summed E-state index contributed by atoms with van der Waals surface area (Å²) in [4.78, 5) is 16.7. The van der Waals surface area contributed by atoms with Gasteiger partial charge in [0.25, 0.3) is 0 Å². The summed E-state index contributed by atoms with van der Waals surface area (Å²) in [6, 6.07) is 14.3. The van der Waals surface area contributed by atoms with E-state index in [1.54, 1.807) is 17.7 Å². The van der Waals surface area contributed by atoms with Crippen LogP contribution in [0.3, 0.4) is 0 Å². The van der Waals surface area contributed by atoms with Crippen molar-refractivity contribution in [1.29, 1.82) is 0 Å². The third kappa shape index (κ3) is 4.64. The van der Waals surface area contributed by atoms with E-state index in [-0.39, 0.29) is 11.2 Å². The maximum Gasteiger partial charge on any atom is 0.240 e. The molecule has 28 heavy (non-hydrogen) atoms. The van der Waals surface area contributed by atoms with Crippen molar-refractivity contribution in [3.8, 4) is 0 Å². The largest absolute Gasteiger partial charge is 0.341 e. The second-order valence-electron chi connectivity index (χ2n) is 6.93. The number of thioether (sulfide) groups is 1. The third-order valence-corrected chi connectivity index (χ3v) is 7.15. The van der Waals surface area contributed by atoms with E-state index in [0.717, 1.165) is 49.6 Å². The van der Waals surface area contributed by atoms with Crippen LogP contribution in [-0.2, 0) is 17.8 Å². The monoisotopic (exact) mass is 412 g/mol. The minimum absolute atomic E-state index is 0.184. The number of rotatable bonds is 7. The number of aromatic nitrogens is 3. The van der Waals surface area contributed by atoms with Crippen molar-refractivity contribution >= 4 is 29.0 Å². The predicted molar refractivity (Wildman–Crippen MR) is 114 cm³/mol. The van der Waals surface area contributed by atoms with Gasteiger partial charge in [-0.15, -0.1) is 21.5 Å². The van der Waals surface area contributed by atoms with Gasteiger partial charge in [0.05, 0.1) is 0 Å². The molecule has 1 aliphatic heterocycles. The second-order valence-corrected chi connectivity index (χ2v) is 9.04. The topological polar surface area (TPSA) is 51.0 Å². The van der Waals surface area contributed by atoms with Gasteiger partial charge in [-0.3, -0.25) is 4.79 Å². The maximum absolute atomic E-state index is 13.3. The molecule has 1 aliphatic rings. The molecule has 0 radical (unpaired) electrons. The number of thiophene rings is 1. The summed E-state index contributed by atoms with van der Waals surface area (Å²) < 4.78 is 2.06. The van der Waals surface area contributed by atoms with E-state index < -0.39 is 0 Å². The van der Waals surface area contributed by atoms with Gasteiger partial charge in [0.2, 0.25) is 5.91 Å². The highest BCUT2D eigenvalue weighted by atomic mass is 32.2. The highest BCUT2D eigenvalue weighted by Gasteiger charge is 2.29. The fourth-order valence-electron chi connectivity index (χ4n) is 3.45. The molecule has 0 unspecified atom stereocenters. The van der Waals surface area contributed by atoms with E-state index in [1.165, 1.54) is 23.1 Å². The number of hydrogen-bond donors (Lipinski definition) is 0. The molecule has 4 rings (SSSR count). The van der Waals surface area contributed by atoms with Gasteiger partial charge in [-0.2, -0.15) is 0 Å². The van der Waals surface area contributed by atoms with E-state index in [2.05, 4.69) is 32.3 Å². The van der Waals surface area contributed by atoms with Gasteiger partial charge in [-0.05, 0) is 42.7 Å². The van der Waals surface area contributed by atoms with Crippen LogP contribution in [0.25, 0.3) is 0 Å². The third-order valence-electron chi connectivity index (χ3n) is 4.98. The first-order valence-electron chi connectivity index (χ1n) is 9.72. The number of benzene rings is 1. The first-order chi connectivity index (χ1) is 13.8. The molecule has 1 atom stereocenters. The predicted octanol–water partition coefficient (Wildman–Crippen LogP) is 4.43. The Balaban J connectivity index is 1.53. The standard InChI is InChI=1S/C21H24N4OS2/c26-20(24-12-5-2-6-13-24)19(17-8-3-1-4-9-17)28-21-23-22-16-25(21)14-11-18-10-7-15-27-18/h1,3-4,7-10,15-16,19H,2,5-6,11-14H2/t19-/m0/s1. The van der Waals surface area contributed by atoms with Crippen LogP contribution < -0.4 is 0 Å². The molecular formula is C21H24N4OS2. The lowest BCUT2D eigenvalue weighted by molar-refractivity contribution is -0.131. The molecule has 3 aromatic rings. The summed E-state index contributed by atoms with van der Waals surface area (Å²) in [5.41, 5.74) is 1.02. The van der Waals surface area contributed by atoms with Crippen LogP contribution in [0.2, 0.25) is 0 Å². The number of carbonyl (C=O) groups is 1. The molecule has 1 amide bonds. The van der Waals surface area contributed by atoms with Crippen LogP contribution >= 0.6 is 23.1 Å². The average molecular weight is 413 g/mol. The van der Waals surface area contributed by atoms with Crippen LogP contribution in [0, 0.1) is 0 Å². The second kappa shape index (κ2) is 9.39. The summed E-state index contributed by atoms with van der Waals surface area (Å²) in [5, 5.41) is 11.0. The van der Waals surface area contributed by atoms with Crippen LogP contribution in [-0.4, -0.2) is 38.7 Å². The Labute approximate surface area is 173 Å². The molecule has 0 spiro atoms. The van der Waals surface area contributed by atoms with Gasteiger partial charge in [0.15, 0.2) is 5.16 Å². The van der Waals surface area contributed by atoms with Gasteiger partial charge >= 0.3 is 0 Å². The van der Waals surface area contributed by atoms with Crippen molar-refractivity contribution in [1.82, 2.24) is 19.7 Å². The molecule has 1 saturated heterocycles. The molecule has 1 fully saturated rings. The first kappa shape index (κ1) is 19.2. The van der Waals surface area contributed by atoms with Crippen molar-refractivity contribution < 1.29 is 4.79 Å². The molecule has 146 valence electrons. The first-order valence-corrected chi connectivity index (χ1v) is 11.5. The Bertz CT molecular complexity index is 873. The van der Waals surface area contributed by atoms with Crippen LogP contribution in [0.15, 0.2) is 59.3 Å². The van der Waals surface area contributed by atoms with Crippen LogP contribution in [0.5, 0.6) is 0 Å². The van der Waals surface area contributed by atoms with Gasteiger partial charge in [0.1, 0.15) is 11.6 Å². The highest BCUT2D eigenvalue weighted by Crippen LogP contribution is 2.36. The lowest BCUT2D eigenvalue weighted by Crippen LogP contribution is -2.38. The number of nitrogens with zero attached hydrogens (tertiary/aromatic N) is 4. The number of carbonyl (C=O) groups excluding carboxylic acids is 1. The summed E-state index contributed by atoms with van der Waals surface area (Å²) in [6.07, 6.45) is 6.11. The molecule has 0 saturated carbocycles. The van der Waals surface area contributed by atoms with Gasteiger partial charge in [0, 0.05) is 24.5 Å². The van der Waals surface area contributed by atoms with Gasteiger partial charge in [-0.1, -0.05) is 48.2 Å². The van der Waals surface area contributed by atoms with Crippen molar-refractivity contribution in [2.75, 3.05) is 13.1 Å². The van der Waals surface area contributed by atoms with Crippen molar-refractivity contribution in [3.05, 3.63) is 64.6 Å². The molecular weight excluding hydrogens is 388 g/mol. The zero-order chi connectivity index (χ0) is 19.2. The quantitative estimate of drug-likeness (QED) is 0.539. The Morgan fingerprint density at radius 2 is 1.93 bits per heavy atom. The fraction of sp³-hybridized carbons (Fsp3) is 0.381. The highest BCUT2D eigenvalue weighted by molar-refractivity contribution is 8.00. The molecule has 0 aliphatic carbocycles. The summed E-state index contributed by atoms with van der Waals surface area (Å²) in [5.74, 6) is 0.184.